The maximum Gasteiger partial charge on any atom is 0.342 e. The molecule has 0 fully saturated rings. The van der Waals surface area contributed by atoms with Crippen LogP contribution >= 0.6 is 11.6 Å². The molecule has 2 aromatic carbocycles. The van der Waals surface area contributed by atoms with Crippen molar-refractivity contribution in [1.82, 2.24) is 18.7 Å². The number of ether oxygens (including phenoxy) is 1. The minimum Gasteiger partial charge on any atom is -0.471 e. The molecule has 0 bridgehead atoms. The van der Waals surface area contributed by atoms with Crippen molar-refractivity contribution in [3.8, 4) is 5.88 Å². The lowest BCUT2D eigenvalue weighted by Crippen LogP contribution is -2.43. The predicted octanol–water partition coefficient (Wildman–Crippen LogP) is 3.13. The van der Waals surface area contributed by atoms with Crippen LogP contribution in [0.25, 0.3) is 11.0 Å². The van der Waals surface area contributed by atoms with Crippen molar-refractivity contribution in [2.24, 2.45) is 0 Å². The number of carbonyl (C=O) groups excluding carboxylic acids is 2. The smallest absolute Gasteiger partial charge is 0.342 e. The van der Waals surface area contributed by atoms with Gasteiger partial charge in [0.25, 0.3) is 11.5 Å². The van der Waals surface area contributed by atoms with E-state index in [0.29, 0.717) is 16.2 Å². The fourth-order valence-electron chi connectivity index (χ4n) is 4.15. The first-order valence-corrected chi connectivity index (χ1v) is 13.0. The molecule has 4 aromatic rings. The van der Waals surface area contributed by atoms with Gasteiger partial charge in [0.2, 0.25) is 11.8 Å². The van der Waals surface area contributed by atoms with Gasteiger partial charge in [-0.3, -0.25) is 19.0 Å². The zero-order valence-electron chi connectivity index (χ0n) is 23.0. The monoisotopic (exact) mass is 604 g/mol. The molecule has 222 valence electrons. The van der Waals surface area contributed by atoms with Crippen molar-refractivity contribution in [2.75, 3.05) is 0 Å². The van der Waals surface area contributed by atoms with E-state index in [0.717, 1.165) is 21.5 Å². The van der Waals surface area contributed by atoms with Crippen LogP contribution in [0.4, 0.5) is 8.78 Å². The molecule has 4 rings (SSSR count). The third-order valence-electron chi connectivity index (χ3n) is 6.15. The zero-order valence-corrected chi connectivity index (χ0v) is 23.8. The van der Waals surface area contributed by atoms with Crippen LogP contribution in [0, 0.1) is 11.6 Å². The fraction of sp³-hybridized carbons (Fsp3) is 0.321. The second kappa shape index (κ2) is 11.2. The fourth-order valence-corrected chi connectivity index (χ4v) is 4.36. The van der Waals surface area contributed by atoms with Gasteiger partial charge in [0.1, 0.15) is 30.2 Å². The van der Waals surface area contributed by atoms with E-state index in [1.54, 1.807) is 0 Å². The van der Waals surface area contributed by atoms with Gasteiger partial charge >= 0.3 is 5.69 Å². The maximum atomic E-state index is 13.9. The van der Waals surface area contributed by atoms with E-state index in [-0.39, 0.29) is 35.6 Å². The molecule has 2 heterocycles. The molecular formula is C28H27ClF2N4O7. The van der Waals surface area contributed by atoms with E-state index in [1.165, 1.54) is 52.0 Å². The number of aromatic nitrogens is 4. The molecule has 2 N–H and O–H groups in total. The van der Waals surface area contributed by atoms with Crippen molar-refractivity contribution < 1.29 is 33.3 Å². The molecule has 14 heteroatoms. The first kappa shape index (κ1) is 30.8. The molecule has 0 radical (unpaired) electrons. The lowest BCUT2D eigenvalue weighted by molar-refractivity contribution is 0.0390. The largest absolute Gasteiger partial charge is 0.471 e. The summed E-state index contributed by atoms with van der Waals surface area (Å²) >= 11 is 6.17. The Labute approximate surface area is 242 Å². The van der Waals surface area contributed by atoms with Gasteiger partial charge < -0.3 is 14.9 Å². The summed E-state index contributed by atoms with van der Waals surface area (Å²) in [6, 6.07) is 7.24. The average molecular weight is 605 g/mol. The predicted molar refractivity (Wildman–Crippen MR) is 148 cm³/mol. The Morgan fingerprint density at radius 3 is 2.31 bits per heavy atom. The van der Waals surface area contributed by atoms with Crippen LogP contribution in [0.1, 0.15) is 54.8 Å². The van der Waals surface area contributed by atoms with E-state index in [4.69, 9.17) is 16.3 Å². The quantitative estimate of drug-likeness (QED) is 0.312. The number of benzene rings is 2. The van der Waals surface area contributed by atoms with Crippen LogP contribution in [0.3, 0.4) is 0 Å². The number of aliphatic hydroxyl groups is 2. The lowest BCUT2D eigenvalue weighted by Gasteiger charge is -2.16. The highest BCUT2D eigenvalue weighted by atomic mass is 35.5. The van der Waals surface area contributed by atoms with Crippen molar-refractivity contribution in [2.45, 2.75) is 58.5 Å². The Morgan fingerprint density at radius 1 is 1.00 bits per heavy atom. The Hall–Kier alpha value is -4.20. The summed E-state index contributed by atoms with van der Waals surface area (Å²) in [7, 11) is 0. The number of carbonyl (C=O) groups is 2. The normalized spacial score (nSPS) is 12.1. The van der Waals surface area contributed by atoms with Crippen molar-refractivity contribution in [3.05, 3.63) is 91.3 Å². The second-order valence-corrected chi connectivity index (χ2v) is 11.2. The lowest BCUT2D eigenvalue weighted by atomic mass is 10.1. The third-order valence-corrected chi connectivity index (χ3v) is 6.47. The number of hydrogen-bond donors (Lipinski definition) is 2. The minimum atomic E-state index is -1.97. The van der Waals surface area contributed by atoms with Crippen molar-refractivity contribution in [3.63, 3.8) is 0 Å². The summed E-state index contributed by atoms with van der Waals surface area (Å²) in [6.07, 6.45) is 0.703. The maximum absolute atomic E-state index is 13.9. The Balaban J connectivity index is 1.70. The van der Waals surface area contributed by atoms with Crippen molar-refractivity contribution >= 4 is 34.4 Å². The van der Waals surface area contributed by atoms with E-state index in [2.05, 4.69) is 4.98 Å². The molecule has 0 saturated carbocycles. The van der Waals surface area contributed by atoms with Crippen molar-refractivity contribution in [1.29, 1.82) is 0 Å². The van der Waals surface area contributed by atoms with E-state index >= 15 is 0 Å². The summed E-state index contributed by atoms with van der Waals surface area (Å²) in [5, 5.41) is 20.0. The number of halogens is 3. The molecule has 0 saturated heterocycles. The molecule has 0 aliphatic carbocycles. The van der Waals surface area contributed by atoms with E-state index in [9.17, 15) is 38.2 Å². The van der Waals surface area contributed by atoms with Gasteiger partial charge in [-0.15, -0.1) is 0 Å². The van der Waals surface area contributed by atoms with Gasteiger partial charge in [-0.05, 0) is 57.5 Å². The first-order valence-electron chi connectivity index (χ1n) is 12.6. The summed E-state index contributed by atoms with van der Waals surface area (Å²) in [5.41, 5.74) is -4.70. The minimum absolute atomic E-state index is 0.0119. The number of imidazole rings is 1. The number of rotatable bonds is 8. The van der Waals surface area contributed by atoms with E-state index in [1.807, 2.05) is 0 Å². The van der Waals surface area contributed by atoms with Gasteiger partial charge in [-0.1, -0.05) is 17.7 Å². The second-order valence-electron chi connectivity index (χ2n) is 10.8. The Bertz CT molecular complexity index is 1830. The van der Waals surface area contributed by atoms with Crippen LogP contribution in [0.5, 0.6) is 5.88 Å². The molecule has 0 aliphatic heterocycles. The summed E-state index contributed by atoms with van der Waals surface area (Å²) in [4.78, 5) is 56.2. The summed E-state index contributed by atoms with van der Waals surface area (Å²) in [5.74, 6) is -3.63. The summed E-state index contributed by atoms with van der Waals surface area (Å²) in [6.45, 7) is 4.66. The highest BCUT2D eigenvalue weighted by Crippen LogP contribution is 2.22. The Kier molecular flexibility index (Phi) is 8.22. The number of fused-ring (bicyclic) bond motifs is 1. The van der Waals surface area contributed by atoms with Crippen LogP contribution in [-0.2, 0) is 13.2 Å². The van der Waals surface area contributed by atoms with Gasteiger partial charge in [0, 0.05) is 11.6 Å². The van der Waals surface area contributed by atoms with Gasteiger partial charge in [0.15, 0.2) is 5.02 Å². The van der Waals surface area contributed by atoms with Crippen LogP contribution in [0.15, 0.2) is 52.3 Å². The van der Waals surface area contributed by atoms with Crippen LogP contribution in [0.2, 0.25) is 5.02 Å². The highest BCUT2D eigenvalue weighted by molar-refractivity contribution is 6.31. The van der Waals surface area contributed by atoms with Gasteiger partial charge in [-0.2, -0.15) is 0 Å². The molecule has 0 spiro atoms. The van der Waals surface area contributed by atoms with Gasteiger partial charge in [0.05, 0.1) is 29.6 Å². The molecular weight excluding hydrogens is 578 g/mol. The molecule has 0 unspecified atom stereocenters. The Morgan fingerprint density at radius 2 is 1.69 bits per heavy atom. The SMILES string of the molecule is CC(C)(O)CC(=O)n1c(=O)n(C(=O)C(C)(C)O)c2cc(Cn3cnc(OCc4ccc(F)cc4F)c(Cl)c3=O)ccc21. The molecule has 0 atom stereocenters. The molecule has 0 amide bonds. The molecule has 0 aliphatic rings. The van der Waals surface area contributed by atoms with E-state index < -0.39 is 57.3 Å². The van der Waals surface area contributed by atoms with Gasteiger partial charge in [-0.25, -0.2) is 27.7 Å². The average Bonchev–Trinajstić information content (AvgIpc) is 3.16. The zero-order chi connectivity index (χ0) is 31.1. The first-order chi connectivity index (χ1) is 19.5. The molecule has 2 aromatic heterocycles. The van der Waals surface area contributed by atoms with Crippen LogP contribution in [-0.4, -0.2) is 51.9 Å². The number of hydrogen-bond acceptors (Lipinski definition) is 8. The third kappa shape index (κ3) is 6.32. The van der Waals surface area contributed by atoms with Crippen LogP contribution < -0.4 is 16.0 Å². The number of nitrogens with zero attached hydrogens (tertiary/aromatic N) is 4. The standard InChI is InChI=1S/C28H27ClF2N4O7/c1-27(2,40)11-21(36)34-19-8-5-15(9-20(19)35(26(34)39)25(38)28(3,4)41)12-33-14-32-23(22(29)24(33)37)42-13-16-6-7-17(30)10-18(16)31/h5-10,14,40-41H,11-13H2,1-4H3. The highest BCUT2D eigenvalue weighted by Gasteiger charge is 2.32. The topological polar surface area (TPSA) is 146 Å². The molecule has 11 nitrogen and oxygen atoms in total. The molecule has 42 heavy (non-hydrogen) atoms. The summed E-state index contributed by atoms with van der Waals surface area (Å²) < 4.78 is 34.9.